The van der Waals surface area contributed by atoms with Gasteiger partial charge < -0.3 is 5.32 Å². The minimum Gasteiger partial charge on any atom is -0.320 e. The van der Waals surface area contributed by atoms with Crippen LogP contribution in [0.5, 0.6) is 0 Å². The second kappa shape index (κ2) is 7.51. The average Bonchev–Trinajstić information content (AvgIpc) is 2.37. The topological polar surface area (TPSA) is 58.2 Å². The van der Waals surface area contributed by atoms with Crippen molar-refractivity contribution in [1.82, 2.24) is 10.0 Å². The van der Waals surface area contributed by atoms with Gasteiger partial charge in [0.1, 0.15) is 0 Å². The highest BCUT2D eigenvalue weighted by Gasteiger charge is 2.12. The Morgan fingerprint density at radius 3 is 2.50 bits per heavy atom. The molecule has 0 radical (unpaired) electrons. The fourth-order valence-corrected chi connectivity index (χ4v) is 2.84. The van der Waals surface area contributed by atoms with Crippen molar-refractivity contribution < 1.29 is 8.42 Å². The summed E-state index contributed by atoms with van der Waals surface area (Å²) < 4.78 is 26.1. The third-order valence-electron chi connectivity index (χ3n) is 2.82. The van der Waals surface area contributed by atoms with Crippen molar-refractivity contribution in [3.05, 3.63) is 35.9 Å². The lowest BCUT2D eigenvalue weighted by atomic mass is 10.0. The Hall–Kier alpha value is -0.910. The van der Waals surface area contributed by atoms with Crippen LogP contribution in [0.3, 0.4) is 0 Å². The van der Waals surface area contributed by atoms with Gasteiger partial charge in [-0.05, 0) is 31.5 Å². The number of benzene rings is 1. The van der Waals surface area contributed by atoms with E-state index in [2.05, 4.69) is 10.0 Å². The first kappa shape index (κ1) is 15.1. The lowest BCUT2D eigenvalue weighted by Crippen LogP contribution is -2.30. The van der Waals surface area contributed by atoms with Crippen LogP contribution in [0.15, 0.2) is 30.3 Å². The predicted octanol–water partition coefficient (Wildman–Crippen LogP) is 1.32. The number of sulfonamides is 1. The highest BCUT2D eigenvalue weighted by atomic mass is 32.2. The third kappa shape index (κ3) is 5.62. The van der Waals surface area contributed by atoms with Crippen LogP contribution in [0.2, 0.25) is 0 Å². The molecule has 1 atom stereocenters. The summed E-state index contributed by atoms with van der Waals surface area (Å²) in [5.41, 5.74) is 1.15. The van der Waals surface area contributed by atoms with Gasteiger partial charge in [0.2, 0.25) is 10.0 Å². The second-order valence-electron chi connectivity index (χ2n) is 4.44. The van der Waals surface area contributed by atoms with Gasteiger partial charge in [-0.25, -0.2) is 13.1 Å². The van der Waals surface area contributed by atoms with Crippen LogP contribution in [0.25, 0.3) is 0 Å². The van der Waals surface area contributed by atoms with Crippen molar-refractivity contribution in [2.24, 2.45) is 0 Å². The molecule has 102 valence electrons. The molecule has 0 aromatic heterocycles. The molecule has 4 nitrogen and oxygen atoms in total. The molecule has 0 aliphatic rings. The first-order chi connectivity index (χ1) is 8.55. The Kier molecular flexibility index (Phi) is 6.32. The van der Waals surface area contributed by atoms with E-state index in [1.54, 1.807) is 0 Å². The molecule has 5 heteroatoms. The zero-order chi connectivity index (χ0) is 13.4. The van der Waals surface area contributed by atoms with Gasteiger partial charge in [-0.1, -0.05) is 37.3 Å². The van der Waals surface area contributed by atoms with Crippen LogP contribution in [-0.4, -0.2) is 34.3 Å². The van der Waals surface area contributed by atoms with E-state index in [1.165, 1.54) is 0 Å². The van der Waals surface area contributed by atoms with Crippen molar-refractivity contribution in [3.8, 4) is 0 Å². The van der Waals surface area contributed by atoms with E-state index in [0.29, 0.717) is 13.0 Å². The molecule has 0 bridgehead atoms. The minimum atomic E-state index is -3.15. The van der Waals surface area contributed by atoms with Crippen molar-refractivity contribution in [1.29, 1.82) is 0 Å². The fraction of sp³-hybridized carbons (Fsp3) is 0.538. The smallest absolute Gasteiger partial charge is 0.211 e. The van der Waals surface area contributed by atoms with Crippen molar-refractivity contribution in [2.45, 2.75) is 19.3 Å². The van der Waals surface area contributed by atoms with Gasteiger partial charge in [0, 0.05) is 6.54 Å². The first-order valence-corrected chi connectivity index (χ1v) is 7.87. The number of hydrogen-bond acceptors (Lipinski definition) is 3. The highest BCUT2D eigenvalue weighted by molar-refractivity contribution is 7.89. The quantitative estimate of drug-likeness (QED) is 0.700. The van der Waals surface area contributed by atoms with Crippen molar-refractivity contribution in [3.63, 3.8) is 0 Å². The Morgan fingerprint density at radius 1 is 1.22 bits per heavy atom. The summed E-state index contributed by atoms with van der Waals surface area (Å²) in [7, 11) is -1.33. The van der Waals surface area contributed by atoms with Crippen LogP contribution in [0, 0.1) is 0 Å². The van der Waals surface area contributed by atoms with Gasteiger partial charge in [-0.2, -0.15) is 0 Å². The molecule has 1 aromatic carbocycles. The molecule has 0 saturated heterocycles. The molecule has 1 aromatic rings. The molecule has 2 N–H and O–H groups in total. The summed E-state index contributed by atoms with van der Waals surface area (Å²) in [6.45, 7) is 3.19. The molecule has 0 spiro atoms. The second-order valence-corrected chi connectivity index (χ2v) is 6.36. The normalized spacial score (nSPS) is 13.4. The van der Waals surface area contributed by atoms with E-state index >= 15 is 0 Å². The Bertz CT molecular complexity index is 432. The first-order valence-electron chi connectivity index (χ1n) is 6.22. The maximum Gasteiger partial charge on any atom is 0.211 e. The standard InChI is InChI=1S/C13H22N2O2S/c1-12(13-7-4-3-5-8-13)11-15-18(16,17)10-6-9-14-2/h3-5,7-8,12,14-15H,6,9-11H2,1-2H3. The molecule has 0 fully saturated rings. The van der Waals surface area contributed by atoms with Crippen LogP contribution >= 0.6 is 0 Å². The largest absolute Gasteiger partial charge is 0.320 e. The van der Waals surface area contributed by atoms with E-state index in [9.17, 15) is 8.42 Å². The van der Waals surface area contributed by atoms with Crippen LogP contribution < -0.4 is 10.0 Å². The van der Waals surface area contributed by atoms with Crippen molar-refractivity contribution >= 4 is 10.0 Å². The van der Waals surface area contributed by atoms with E-state index in [4.69, 9.17) is 0 Å². The molecule has 0 saturated carbocycles. The minimum absolute atomic E-state index is 0.176. The van der Waals surface area contributed by atoms with Gasteiger partial charge >= 0.3 is 0 Å². The Morgan fingerprint density at radius 2 is 1.89 bits per heavy atom. The molecule has 1 unspecified atom stereocenters. The fourth-order valence-electron chi connectivity index (χ4n) is 1.66. The lowest BCUT2D eigenvalue weighted by Gasteiger charge is -2.13. The molecule has 0 amide bonds. The van der Waals surface area contributed by atoms with Crippen LogP contribution in [0.1, 0.15) is 24.8 Å². The monoisotopic (exact) mass is 270 g/mol. The molecule has 0 heterocycles. The summed E-state index contributed by atoms with van der Waals surface area (Å²) in [4.78, 5) is 0. The predicted molar refractivity (Wildman–Crippen MR) is 75.2 cm³/mol. The molecular formula is C13H22N2O2S. The van der Waals surface area contributed by atoms with Gasteiger partial charge in [0.05, 0.1) is 5.75 Å². The average molecular weight is 270 g/mol. The molecule has 0 aliphatic heterocycles. The van der Waals surface area contributed by atoms with E-state index < -0.39 is 10.0 Å². The molecule has 0 aliphatic carbocycles. The number of hydrogen-bond donors (Lipinski definition) is 2. The highest BCUT2D eigenvalue weighted by Crippen LogP contribution is 2.13. The third-order valence-corrected chi connectivity index (χ3v) is 4.25. The van der Waals surface area contributed by atoms with Crippen molar-refractivity contribution in [2.75, 3.05) is 25.9 Å². The maximum absolute atomic E-state index is 11.7. The zero-order valence-electron chi connectivity index (χ0n) is 11.0. The lowest BCUT2D eigenvalue weighted by molar-refractivity contribution is 0.571. The van der Waals surface area contributed by atoms with Crippen LogP contribution in [0.4, 0.5) is 0 Å². The van der Waals surface area contributed by atoms with E-state index in [1.807, 2.05) is 44.3 Å². The summed E-state index contributed by atoms with van der Waals surface area (Å²) in [6, 6.07) is 9.92. The molecule has 1 rings (SSSR count). The molecular weight excluding hydrogens is 248 g/mol. The van der Waals surface area contributed by atoms with Gasteiger partial charge in [-0.15, -0.1) is 0 Å². The maximum atomic E-state index is 11.7. The Balaban J connectivity index is 2.40. The zero-order valence-corrected chi connectivity index (χ0v) is 11.8. The summed E-state index contributed by atoms with van der Waals surface area (Å²) in [5, 5.41) is 2.94. The molecule has 18 heavy (non-hydrogen) atoms. The number of nitrogens with one attached hydrogen (secondary N) is 2. The SMILES string of the molecule is CNCCCS(=O)(=O)NCC(C)c1ccccc1. The van der Waals surface area contributed by atoms with Gasteiger partial charge in [0.25, 0.3) is 0 Å². The van der Waals surface area contributed by atoms with Crippen LogP contribution in [-0.2, 0) is 10.0 Å². The summed E-state index contributed by atoms with van der Waals surface area (Å²) in [6.07, 6.45) is 0.631. The number of rotatable bonds is 8. The van der Waals surface area contributed by atoms with Gasteiger partial charge in [0.15, 0.2) is 0 Å². The summed E-state index contributed by atoms with van der Waals surface area (Å²) >= 11 is 0. The van der Waals surface area contributed by atoms with E-state index in [0.717, 1.165) is 12.1 Å². The Labute approximate surface area is 110 Å². The summed E-state index contributed by atoms with van der Waals surface area (Å²) in [5.74, 6) is 0.361. The van der Waals surface area contributed by atoms with E-state index in [-0.39, 0.29) is 11.7 Å². The van der Waals surface area contributed by atoms with Gasteiger partial charge in [-0.3, -0.25) is 0 Å².